The number of benzene rings is 2. The molecule has 0 aliphatic carbocycles. The van der Waals surface area contributed by atoms with Gasteiger partial charge in [0, 0.05) is 61.7 Å². The Bertz CT molecular complexity index is 1510. The minimum absolute atomic E-state index is 0. The van der Waals surface area contributed by atoms with Crippen LogP contribution in [0.15, 0.2) is 36.4 Å². The molecule has 7 N–H and O–H groups in total. The van der Waals surface area contributed by atoms with Gasteiger partial charge in [-0.1, -0.05) is 43.9 Å². The second-order valence-electron chi connectivity index (χ2n) is 12.1. The molecule has 0 aromatic heterocycles. The number of hydrogen-bond acceptors (Lipinski definition) is 16. The molecule has 0 spiro atoms. The first-order chi connectivity index (χ1) is 26.8. The van der Waals surface area contributed by atoms with E-state index in [1.807, 2.05) is 0 Å². The largest absolute Gasteiger partial charge is 1.00 e. The molecule has 0 aliphatic rings. The van der Waals surface area contributed by atoms with E-state index >= 15 is 0 Å². The number of hydrogen-bond donors (Lipinski definition) is 4. The van der Waals surface area contributed by atoms with Crippen LogP contribution >= 0.6 is 13.4 Å². The van der Waals surface area contributed by atoms with E-state index < -0.39 is 13.4 Å². The number of aldehydes is 2. The number of Topliss-reactive ketones (excluding diaryl/α,β-unsaturated/α-hetero) is 1. The van der Waals surface area contributed by atoms with Crippen molar-refractivity contribution in [3.63, 3.8) is 0 Å². The molecule has 2 atom stereocenters. The summed E-state index contributed by atoms with van der Waals surface area (Å²) in [5.74, 6) is 1.43. The Morgan fingerprint density at radius 2 is 1.21 bits per heavy atom. The van der Waals surface area contributed by atoms with Gasteiger partial charge < -0.3 is 59.4 Å². The molecule has 0 saturated carbocycles. The summed E-state index contributed by atoms with van der Waals surface area (Å²) in [4.78, 5) is 63.5. The summed E-state index contributed by atoms with van der Waals surface area (Å²) in [5.41, 5.74) is 18.3. The zero-order valence-electron chi connectivity index (χ0n) is 33.4. The summed E-state index contributed by atoms with van der Waals surface area (Å²) in [6, 6.07) is 9.78. The van der Waals surface area contributed by atoms with Crippen LogP contribution in [0.1, 0.15) is 111 Å². The minimum Gasteiger partial charge on any atom is -0.780 e. The first-order valence-corrected chi connectivity index (χ1v) is 23.5. The molecule has 0 saturated heterocycles. The average molecular weight is 871 g/mol. The summed E-state index contributed by atoms with van der Waals surface area (Å²) >= 11 is 9.27. The SMILES string of the molecule is COP(O)(=S)OCCCCCCN.COP([O-])(=S)OCCCCCCCC(=O)CCCOc1ccc(C=O)c(N)c1.Nc1cc(OCCC[C-]=O)ccc1C=O.[Li+]. The number of nitrogens with two attached hydrogens (primary N) is 3. The number of ketones is 1. The molecule has 2 rings (SSSR count). The number of carbonyl (C=O) groups is 3. The Kier molecular flexibility index (Phi) is 35.9. The number of unbranched alkanes of at least 4 members (excludes halogenated alkanes) is 8. The molecule has 0 amide bonds. The Balaban J connectivity index is 0. The van der Waals surface area contributed by atoms with E-state index in [0.717, 1.165) is 64.3 Å². The first-order valence-electron chi connectivity index (χ1n) is 18.3. The van der Waals surface area contributed by atoms with Gasteiger partial charge in [0.2, 0.25) is 0 Å². The molecule has 2 aromatic carbocycles. The molecule has 0 heterocycles. The fraction of sp³-hybridized carbons (Fsp3) is 0.568. The molecule has 2 unspecified atom stereocenters. The van der Waals surface area contributed by atoms with Gasteiger partial charge in [-0.15, -0.1) is 6.42 Å². The zero-order valence-corrected chi connectivity index (χ0v) is 36.9. The van der Waals surface area contributed by atoms with Crippen LogP contribution in [-0.2, 0) is 51.3 Å². The maximum atomic E-state index is 11.9. The van der Waals surface area contributed by atoms with E-state index in [4.69, 9.17) is 35.7 Å². The van der Waals surface area contributed by atoms with Crippen molar-refractivity contribution in [3.8, 4) is 11.5 Å². The van der Waals surface area contributed by atoms with Gasteiger partial charge in [0.05, 0.1) is 26.4 Å². The van der Waals surface area contributed by atoms with Crippen LogP contribution in [0.3, 0.4) is 0 Å². The van der Waals surface area contributed by atoms with Crippen molar-refractivity contribution < 1.29 is 75.4 Å². The van der Waals surface area contributed by atoms with Crippen molar-refractivity contribution in [1.82, 2.24) is 0 Å². The Morgan fingerprint density at radius 1 is 0.737 bits per heavy atom. The van der Waals surface area contributed by atoms with Crippen LogP contribution in [0.25, 0.3) is 0 Å². The maximum Gasteiger partial charge on any atom is 1.00 e. The quantitative estimate of drug-likeness (QED) is 0.0220. The van der Waals surface area contributed by atoms with E-state index in [-0.39, 0.29) is 24.6 Å². The topological polar surface area (TPSA) is 245 Å². The Labute approximate surface area is 360 Å². The predicted octanol–water partition coefficient (Wildman–Crippen LogP) is 3.14. The van der Waals surface area contributed by atoms with Crippen molar-refractivity contribution in [1.29, 1.82) is 0 Å². The monoisotopic (exact) mass is 870 g/mol. The van der Waals surface area contributed by atoms with Crippen LogP contribution in [0.4, 0.5) is 11.4 Å². The molecule has 0 bridgehead atoms. The molecular formula is C37H59LiN3O12P2S2-. The van der Waals surface area contributed by atoms with E-state index in [1.54, 1.807) is 42.7 Å². The third-order valence-corrected chi connectivity index (χ3v) is 11.0. The zero-order chi connectivity index (χ0) is 42.1. The van der Waals surface area contributed by atoms with E-state index in [9.17, 15) is 29.0 Å². The third kappa shape index (κ3) is 31.5. The van der Waals surface area contributed by atoms with E-state index in [0.29, 0.717) is 105 Å². The maximum absolute atomic E-state index is 11.9. The summed E-state index contributed by atoms with van der Waals surface area (Å²) in [7, 11) is 2.63. The summed E-state index contributed by atoms with van der Waals surface area (Å²) in [6.45, 7) is -3.80. The molecule has 57 heavy (non-hydrogen) atoms. The molecule has 15 nitrogen and oxygen atoms in total. The normalized spacial score (nSPS) is 12.5. The first kappa shape index (κ1) is 57.0. The van der Waals surface area contributed by atoms with Crippen LogP contribution in [0, 0.1) is 0 Å². The van der Waals surface area contributed by atoms with Gasteiger partial charge >= 0.3 is 25.6 Å². The van der Waals surface area contributed by atoms with Gasteiger partial charge in [-0.2, -0.15) is 0 Å². The number of ether oxygens (including phenoxy) is 2. The molecule has 0 aliphatic heterocycles. The second-order valence-corrected chi connectivity index (χ2v) is 17.9. The fourth-order valence-corrected chi connectivity index (χ4v) is 5.81. The van der Waals surface area contributed by atoms with Crippen LogP contribution in [-0.4, -0.2) is 76.7 Å². The van der Waals surface area contributed by atoms with Gasteiger partial charge in [-0.3, -0.25) is 20.7 Å². The van der Waals surface area contributed by atoms with Crippen LogP contribution < -0.4 is 50.4 Å². The molecule has 20 heteroatoms. The van der Waals surface area contributed by atoms with Gasteiger partial charge in [0.1, 0.15) is 24.0 Å². The molecule has 2 aromatic rings. The smallest absolute Gasteiger partial charge is 0.780 e. The average Bonchev–Trinajstić information content (AvgIpc) is 3.18. The number of nitrogen functional groups attached to an aromatic ring is 2. The minimum atomic E-state index is -3.28. The van der Waals surface area contributed by atoms with Crippen molar-refractivity contribution >= 4 is 73.1 Å². The fourth-order valence-electron chi connectivity index (χ4n) is 4.43. The van der Waals surface area contributed by atoms with Crippen molar-refractivity contribution in [2.45, 2.75) is 89.9 Å². The number of anilines is 2. The second kappa shape index (κ2) is 35.8. The predicted molar refractivity (Wildman–Crippen MR) is 225 cm³/mol. The van der Waals surface area contributed by atoms with Gasteiger partial charge in [0.15, 0.2) is 12.6 Å². The Morgan fingerprint density at radius 3 is 1.68 bits per heavy atom. The van der Waals surface area contributed by atoms with Crippen molar-refractivity contribution in [2.24, 2.45) is 5.73 Å². The Hall–Kier alpha value is -2.06. The summed E-state index contributed by atoms with van der Waals surface area (Å²) < 4.78 is 30.0. The van der Waals surface area contributed by atoms with E-state index in [2.05, 4.69) is 32.7 Å². The van der Waals surface area contributed by atoms with Crippen molar-refractivity contribution in [3.05, 3.63) is 47.5 Å². The van der Waals surface area contributed by atoms with Gasteiger partial charge in [0.25, 0.3) is 0 Å². The molecule has 318 valence electrons. The van der Waals surface area contributed by atoms with Crippen LogP contribution in [0.5, 0.6) is 11.5 Å². The summed E-state index contributed by atoms with van der Waals surface area (Å²) in [6.07, 6.45) is 14.5. The number of rotatable bonds is 30. The summed E-state index contributed by atoms with van der Waals surface area (Å²) in [5, 5.41) is 0. The molecule has 0 radical (unpaired) electrons. The third-order valence-electron chi connectivity index (χ3n) is 7.59. The van der Waals surface area contributed by atoms with Gasteiger partial charge in [-0.25, -0.2) is 0 Å². The number of carbonyl (C=O) groups excluding carboxylic acids is 4. The van der Waals surface area contributed by atoms with Crippen molar-refractivity contribution in [2.75, 3.05) is 58.7 Å². The van der Waals surface area contributed by atoms with Gasteiger partial charge in [-0.05, 0) is 81.1 Å². The standard InChI is InChI=1S/C19H30NO6PS.C11H12NO3.C7H18NO3PS.Li/c1-24-27(23,28)26-13-6-4-2-3-5-8-17(22)9-7-12-25-18-11-10-16(15-21)19(20)14-18;12-11-7-10(4-3-9(11)8-14)15-6-2-1-5-13;1-10-12(9,13)11-7-5-3-2-4-6-8;/h10-11,14-15H,2-9,12-13,20H2,1H3,(H,23,28);3-4,7-8H,1-2,6,12H2;2-8H2,1H3,(H,9,13);/q;-1;;+1/p-1. The molecular weight excluding hydrogens is 811 g/mol. The van der Waals surface area contributed by atoms with E-state index in [1.165, 1.54) is 14.2 Å². The molecule has 0 fully saturated rings. The van der Waals surface area contributed by atoms with Crippen LogP contribution in [0.2, 0.25) is 0 Å².